The number of hydroxylamine groups is 1. The van der Waals surface area contributed by atoms with Crippen LogP contribution >= 0.6 is 0 Å². The zero-order chi connectivity index (χ0) is 28.5. The third-order valence-corrected chi connectivity index (χ3v) is 7.24. The highest BCUT2D eigenvalue weighted by Gasteiger charge is 2.26. The summed E-state index contributed by atoms with van der Waals surface area (Å²) in [6.45, 7) is 11.2. The molecular formula is C29H38N6O4. The highest BCUT2D eigenvalue weighted by molar-refractivity contribution is 6.05. The van der Waals surface area contributed by atoms with Crippen molar-refractivity contribution in [3.05, 3.63) is 70.5 Å². The summed E-state index contributed by atoms with van der Waals surface area (Å²) >= 11 is 0. The van der Waals surface area contributed by atoms with Gasteiger partial charge in [-0.05, 0) is 73.8 Å². The van der Waals surface area contributed by atoms with E-state index in [4.69, 9.17) is 4.84 Å². The van der Waals surface area contributed by atoms with E-state index in [-0.39, 0.29) is 17.0 Å². The van der Waals surface area contributed by atoms with Crippen molar-refractivity contribution in [1.82, 2.24) is 24.8 Å². The summed E-state index contributed by atoms with van der Waals surface area (Å²) in [6, 6.07) is 12.0. The summed E-state index contributed by atoms with van der Waals surface area (Å²) in [6.07, 6.45) is 2.46. The average Bonchev–Trinajstić information content (AvgIpc) is 3.54. The van der Waals surface area contributed by atoms with Crippen LogP contribution in [0.1, 0.15) is 64.7 Å². The van der Waals surface area contributed by atoms with E-state index < -0.39 is 5.97 Å². The van der Waals surface area contributed by atoms with Crippen LogP contribution in [0, 0.1) is 6.92 Å². The van der Waals surface area contributed by atoms with Crippen LogP contribution in [0.5, 0.6) is 0 Å². The highest BCUT2D eigenvalue weighted by atomic mass is 16.7. The molecule has 1 amide bonds. The topological polar surface area (TPSA) is 104 Å². The van der Waals surface area contributed by atoms with Gasteiger partial charge in [0.2, 0.25) is 0 Å². The van der Waals surface area contributed by atoms with Crippen LogP contribution in [-0.2, 0) is 16.8 Å². The molecule has 0 spiro atoms. The molecule has 0 radical (unpaired) electrons. The number of carboxylic acid groups (broad SMARTS) is 1. The molecule has 0 aliphatic carbocycles. The average molecular weight is 535 g/mol. The van der Waals surface area contributed by atoms with E-state index in [1.165, 1.54) is 23.1 Å². The zero-order valence-electron chi connectivity index (χ0n) is 23.8. The number of hydrogen-bond acceptors (Lipinski definition) is 7. The minimum atomic E-state index is -1.17. The Morgan fingerprint density at radius 2 is 1.90 bits per heavy atom. The number of anilines is 1. The van der Waals surface area contributed by atoms with Gasteiger partial charge in [0.1, 0.15) is 0 Å². The van der Waals surface area contributed by atoms with Crippen molar-refractivity contribution in [2.24, 2.45) is 0 Å². The molecule has 208 valence electrons. The van der Waals surface area contributed by atoms with Crippen LogP contribution in [0.2, 0.25) is 0 Å². The van der Waals surface area contributed by atoms with Crippen LogP contribution in [0.25, 0.3) is 5.69 Å². The number of nitrogens with zero attached hydrogens (tertiary/aromatic N) is 6. The van der Waals surface area contributed by atoms with Crippen molar-refractivity contribution >= 4 is 17.6 Å². The molecule has 3 aromatic rings. The van der Waals surface area contributed by atoms with E-state index in [1.54, 1.807) is 18.2 Å². The first-order valence-corrected chi connectivity index (χ1v) is 13.1. The number of carbonyl (C=O) groups excluding carboxylic acids is 1. The molecular weight excluding hydrogens is 496 g/mol. The number of aryl methyl sites for hydroxylation is 1. The van der Waals surface area contributed by atoms with Crippen molar-refractivity contribution in [3.8, 4) is 5.69 Å². The first-order valence-electron chi connectivity index (χ1n) is 13.1. The van der Waals surface area contributed by atoms with Gasteiger partial charge < -0.3 is 10.0 Å². The normalized spacial score (nSPS) is 16.2. The molecule has 1 unspecified atom stereocenters. The molecule has 2 aromatic carbocycles. The van der Waals surface area contributed by atoms with E-state index in [1.807, 2.05) is 19.1 Å². The maximum atomic E-state index is 13.8. The zero-order valence-corrected chi connectivity index (χ0v) is 23.8. The van der Waals surface area contributed by atoms with E-state index >= 15 is 0 Å². The number of carboxylic acids is 1. The highest BCUT2D eigenvalue weighted by Crippen LogP contribution is 2.31. The molecule has 4 rings (SSSR count). The summed E-state index contributed by atoms with van der Waals surface area (Å²) in [5.41, 5.74) is 4.34. The number of likely N-dealkylation sites (tertiary alicyclic amines) is 1. The van der Waals surface area contributed by atoms with E-state index in [0.717, 1.165) is 42.7 Å². The lowest BCUT2D eigenvalue weighted by Gasteiger charge is -2.27. The lowest BCUT2D eigenvalue weighted by molar-refractivity contribution is 0.0689. The Morgan fingerprint density at radius 1 is 1.15 bits per heavy atom. The van der Waals surface area contributed by atoms with E-state index in [9.17, 15) is 14.7 Å². The molecule has 0 bridgehead atoms. The fourth-order valence-electron chi connectivity index (χ4n) is 4.84. The van der Waals surface area contributed by atoms with E-state index in [2.05, 4.69) is 61.0 Å². The Bertz CT molecular complexity index is 1360. The second-order valence-electron chi connectivity index (χ2n) is 11.4. The van der Waals surface area contributed by atoms with Gasteiger partial charge in [-0.1, -0.05) is 38.1 Å². The number of likely N-dealkylation sites (N-methyl/N-ethyl adjacent to an activating group) is 1. The van der Waals surface area contributed by atoms with Crippen LogP contribution < -0.4 is 5.06 Å². The van der Waals surface area contributed by atoms with Gasteiger partial charge in [0.05, 0.1) is 24.7 Å². The molecule has 10 heteroatoms. The van der Waals surface area contributed by atoms with Gasteiger partial charge in [-0.3, -0.25) is 14.5 Å². The third-order valence-electron chi connectivity index (χ3n) is 7.24. The number of hydrogen-bond donors (Lipinski definition) is 1. The Hall–Kier alpha value is -3.60. The van der Waals surface area contributed by atoms with Crippen LogP contribution in [0.4, 0.5) is 5.69 Å². The fraction of sp³-hybridized carbons (Fsp3) is 0.448. The van der Waals surface area contributed by atoms with Gasteiger partial charge in [0, 0.05) is 31.2 Å². The standard InChI is InChI=1S/C29H38N6O4/c1-19-8-9-21(14-26(19)34-18-25(28(37)38)30-31-34)27(36)35(39-7)24-13-20(12-22(15-24)29(2,3)4)16-33-11-10-23(17-33)32(5)6/h8-9,12-15,18,23H,10-11,16-17H2,1-7H3,(H,37,38). The van der Waals surface area contributed by atoms with Crippen LogP contribution in [-0.4, -0.2) is 82.1 Å². The first-order chi connectivity index (χ1) is 18.4. The SMILES string of the molecule is CON(C(=O)c1ccc(C)c(-n2cc(C(=O)O)nn2)c1)c1cc(CN2CCC(N(C)C)C2)cc(C(C)(C)C)c1. The molecule has 1 fully saturated rings. The fourth-order valence-corrected chi connectivity index (χ4v) is 4.84. The molecule has 0 saturated carbocycles. The maximum Gasteiger partial charge on any atom is 0.358 e. The molecule has 1 aromatic heterocycles. The predicted molar refractivity (Wildman–Crippen MR) is 149 cm³/mol. The summed E-state index contributed by atoms with van der Waals surface area (Å²) in [5.74, 6) is -1.51. The lowest BCUT2D eigenvalue weighted by atomic mass is 9.85. The quantitative estimate of drug-likeness (QED) is 0.434. The minimum Gasteiger partial charge on any atom is -0.476 e. The maximum absolute atomic E-state index is 13.8. The molecule has 1 saturated heterocycles. The molecule has 1 aliphatic heterocycles. The summed E-state index contributed by atoms with van der Waals surface area (Å²) < 4.78 is 1.36. The Kier molecular flexibility index (Phi) is 8.20. The number of amides is 1. The Balaban J connectivity index is 1.67. The van der Waals surface area contributed by atoms with Crippen LogP contribution in [0.15, 0.2) is 42.6 Å². The van der Waals surface area contributed by atoms with Crippen molar-refractivity contribution in [3.63, 3.8) is 0 Å². The van der Waals surface area contributed by atoms with Gasteiger partial charge in [0.15, 0.2) is 5.69 Å². The molecule has 10 nitrogen and oxygen atoms in total. The van der Waals surface area contributed by atoms with Gasteiger partial charge >= 0.3 is 5.97 Å². The number of carbonyl (C=O) groups is 2. The van der Waals surface area contributed by atoms with Crippen molar-refractivity contribution in [2.45, 2.75) is 52.1 Å². The van der Waals surface area contributed by atoms with Gasteiger partial charge in [-0.2, -0.15) is 5.06 Å². The number of rotatable bonds is 8. The predicted octanol–water partition coefficient (Wildman–Crippen LogP) is 3.92. The monoisotopic (exact) mass is 534 g/mol. The second-order valence-corrected chi connectivity index (χ2v) is 11.4. The number of aromatic carboxylic acids is 1. The summed E-state index contributed by atoms with van der Waals surface area (Å²) in [7, 11) is 5.73. The minimum absolute atomic E-state index is 0.129. The molecule has 1 N–H and O–H groups in total. The molecule has 1 atom stereocenters. The second kappa shape index (κ2) is 11.3. The third kappa shape index (κ3) is 6.35. The summed E-state index contributed by atoms with van der Waals surface area (Å²) in [5, 5.41) is 18.1. The Morgan fingerprint density at radius 3 is 2.49 bits per heavy atom. The first kappa shape index (κ1) is 28.4. The van der Waals surface area contributed by atoms with Gasteiger partial charge in [-0.25, -0.2) is 9.48 Å². The molecule has 39 heavy (non-hydrogen) atoms. The van der Waals surface area contributed by atoms with Crippen molar-refractivity contribution in [1.29, 1.82) is 0 Å². The van der Waals surface area contributed by atoms with Crippen molar-refractivity contribution in [2.75, 3.05) is 39.4 Å². The summed E-state index contributed by atoms with van der Waals surface area (Å²) in [4.78, 5) is 35.4. The largest absolute Gasteiger partial charge is 0.476 e. The van der Waals surface area contributed by atoms with Gasteiger partial charge in [-0.15, -0.1) is 5.10 Å². The Labute approximate surface area is 229 Å². The van der Waals surface area contributed by atoms with Gasteiger partial charge in [0.25, 0.3) is 5.91 Å². The van der Waals surface area contributed by atoms with Crippen LogP contribution in [0.3, 0.4) is 0 Å². The smallest absolute Gasteiger partial charge is 0.358 e. The lowest BCUT2D eigenvalue weighted by Crippen LogP contribution is -2.32. The number of aromatic nitrogens is 3. The molecule has 2 heterocycles. The van der Waals surface area contributed by atoms with Crippen molar-refractivity contribution < 1.29 is 19.5 Å². The molecule has 1 aliphatic rings. The van der Waals surface area contributed by atoms with E-state index in [0.29, 0.717) is 23.0 Å². The number of benzene rings is 2.